The fraction of sp³-hybridized carbons (Fsp3) is 0.500. The largest absolute Gasteiger partial charge is 0.343 e. The van der Waals surface area contributed by atoms with E-state index in [1.807, 2.05) is 17.4 Å². The zero-order chi connectivity index (χ0) is 17.4. The summed E-state index contributed by atoms with van der Waals surface area (Å²) in [6, 6.07) is 11.3. The smallest absolute Gasteiger partial charge is 0.219 e. The SMILES string of the molecule is CC(=O)N1CC[C@@H]2[C@H](C1)[C@@H](c1ccccc1)CN2Cc1cncn1C. The highest BCUT2D eigenvalue weighted by molar-refractivity contribution is 5.73. The van der Waals surface area contributed by atoms with Gasteiger partial charge in [-0.3, -0.25) is 9.69 Å². The summed E-state index contributed by atoms with van der Waals surface area (Å²) in [5.41, 5.74) is 2.65. The topological polar surface area (TPSA) is 41.4 Å². The van der Waals surface area contributed by atoms with Crippen molar-refractivity contribution < 1.29 is 4.79 Å². The number of aromatic nitrogens is 2. The van der Waals surface area contributed by atoms with Crippen molar-refractivity contribution in [1.82, 2.24) is 19.4 Å². The highest BCUT2D eigenvalue weighted by Crippen LogP contribution is 2.42. The van der Waals surface area contributed by atoms with Crippen LogP contribution in [0.25, 0.3) is 0 Å². The van der Waals surface area contributed by atoms with E-state index in [1.54, 1.807) is 6.92 Å². The molecule has 2 aliphatic rings. The first kappa shape index (κ1) is 16.3. The van der Waals surface area contributed by atoms with Crippen LogP contribution in [0.4, 0.5) is 0 Å². The number of rotatable bonds is 3. The monoisotopic (exact) mass is 338 g/mol. The van der Waals surface area contributed by atoms with E-state index in [4.69, 9.17) is 0 Å². The third-order valence-electron chi connectivity index (χ3n) is 5.99. The van der Waals surface area contributed by atoms with Gasteiger partial charge in [-0.2, -0.15) is 0 Å². The van der Waals surface area contributed by atoms with Crippen LogP contribution < -0.4 is 0 Å². The molecule has 1 aromatic carbocycles. The molecule has 1 amide bonds. The van der Waals surface area contributed by atoms with E-state index in [0.29, 0.717) is 17.9 Å². The van der Waals surface area contributed by atoms with Gasteiger partial charge in [-0.05, 0) is 12.0 Å². The molecule has 2 fully saturated rings. The second-order valence-electron chi connectivity index (χ2n) is 7.43. The first-order valence-corrected chi connectivity index (χ1v) is 9.13. The molecule has 0 unspecified atom stereocenters. The Morgan fingerprint density at radius 3 is 2.72 bits per heavy atom. The Hall–Kier alpha value is -2.14. The van der Waals surface area contributed by atoms with Gasteiger partial charge in [0.15, 0.2) is 0 Å². The van der Waals surface area contributed by atoms with Crippen LogP contribution in [0.2, 0.25) is 0 Å². The minimum absolute atomic E-state index is 0.204. The van der Waals surface area contributed by atoms with Gasteiger partial charge in [0.1, 0.15) is 0 Å². The molecule has 5 nitrogen and oxygen atoms in total. The molecule has 0 saturated carbocycles. The van der Waals surface area contributed by atoms with Crippen molar-refractivity contribution in [2.24, 2.45) is 13.0 Å². The number of likely N-dealkylation sites (tertiary alicyclic amines) is 2. The maximum absolute atomic E-state index is 11.9. The summed E-state index contributed by atoms with van der Waals surface area (Å²) in [5.74, 6) is 1.20. The maximum Gasteiger partial charge on any atom is 0.219 e. The van der Waals surface area contributed by atoms with Crippen molar-refractivity contribution in [2.75, 3.05) is 19.6 Å². The van der Waals surface area contributed by atoms with Crippen LogP contribution in [0, 0.1) is 5.92 Å². The molecule has 2 saturated heterocycles. The average molecular weight is 338 g/mol. The van der Waals surface area contributed by atoms with E-state index >= 15 is 0 Å². The number of carbonyl (C=O) groups excluding carboxylic acids is 1. The third kappa shape index (κ3) is 3.09. The standard InChI is InChI=1S/C20H26N4O/c1-15(25)23-9-8-20-19(13-23)18(16-6-4-3-5-7-16)12-24(20)11-17-10-21-14-22(17)2/h3-7,10,14,18-20H,8-9,11-13H2,1-2H3/t18-,19-,20-/m1/s1. The molecule has 0 radical (unpaired) electrons. The molecule has 0 aliphatic carbocycles. The normalized spacial score (nSPS) is 26.6. The van der Waals surface area contributed by atoms with E-state index in [2.05, 4.69) is 51.8 Å². The molecule has 5 heteroatoms. The lowest BCUT2D eigenvalue weighted by molar-refractivity contribution is -0.131. The number of amides is 1. The quantitative estimate of drug-likeness (QED) is 0.862. The lowest BCUT2D eigenvalue weighted by Crippen LogP contribution is -2.47. The Bertz CT molecular complexity index is 741. The summed E-state index contributed by atoms with van der Waals surface area (Å²) >= 11 is 0. The fourth-order valence-electron chi connectivity index (χ4n) is 4.61. The minimum Gasteiger partial charge on any atom is -0.343 e. The van der Waals surface area contributed by atoms with E-state index in [0.717, 1.165) is 32.6 Å². The number of carbonyl (C=O) groups is 1. The molecular weight excluding hydrogens is 312 g/mol. The summed E-state index contributed by atoms with van der Waals surface area (Å²) in [6.07, 6.45) is 4.90. The van der Waals surface area contributed by atoms with E-state index in [1.165, 1.54) is 11.3 Å². The van der Waals surface area contributed by atoms with Crippen LogP contribution in [0.15, 0.2) is 42.9 Å². The molecule has 4 rings (SSSR count). The summed E-state index contributed by atoms with van der Waals surface area (Å²) in [5, 5.41) is 0. The predicted octanol–water partition coefficient (Wildman–Crippen LogP) is 2.26. The highest BCUT2D eigenvalue weighted by atomic mass is 16.2. The molecule has 0 spiro atoms. The Labute approximate surface area is 149 Å². The zero-order valence-corrected chi connectivity index (χ0v) is 15.0. The number of fused-ring (bicyclic) bond motifs is 1. The van der Waals surface area contributed by atoms with Crippen molar-refractivity contribution >= 4 is 5.91 Å². The summed E-state index contributed by atoms with van der Waals surface area (Å²) in [4.78, 5) is 20.8. The Morgan fingerprint density at radius 1 is 1.24 bits per heavy atom. The van der Waals surface area contributed by atoms with Gasteiger partial charge in [0, 0.05) is 64.2 Å². The number of hydrogen-bond acceptors (Lipinski definition) is 3. The molecule has 0 bridgehead atoms. The minimum atomic E-state index is 0.204. The van der Waals surface area contributed by atoms with Crippen molar-refractivity contribution in [3.63, 3.8) is 0 Å². The number of benzene rings is 1. The summed E-state index contributed by atoms with van der Waals surface area (Å²) < 4.78 is 2.11. The second kappa shape index (κ2) is 6.64. The molecule has 132 valence electrons. The van der Waals surface area contributed by atoms with Crippen LogP contribution in [0.1, 0.15) is 30.5 Å². The van der Waals surface area contributed by atoms with Gasteiger partial charge >= 0.3 is 0 Å². The maximum atomic E-state index is 11.9. The number of piperidine rings is 1. The van der Waals surface area contributed by atoms with Crippen molar-refractivity contribution in [3.8, 4) is 0 Å². The zero-order valence-electron chi connectivity index (χ0n) is 15.0. The first-order chi connectivity index (χ1) is 12.1. The Kier molecular flexibility index (Phi) is 4.34. The number of imidazole rings is 1. The molecule has 3 atom stereocenters. The van der Waals surface area contributed by atoms with Gasteiger partial charge < -0.3 is 9.47 Å². The Balaban J connectivity index is 1.61. The molecular formula is C20H26N4O. The van der Waals surface area contributed by atoms with Crippen LogP contribution in [0.5, 0.6) is 0 Å². The molecule has 1 aromatic heterocycles. The van der Waals surface area contributed by atoms with Gasteiger partial charge in [0.25, 0.3) is 0 Å². The van der Waals surface area contributed by atoms with Gasteiger partial charge in [-0.25, -0.2) is 4.98 Å². The summed E-state index contributed by atoms with van der Waals surface area (Å²) in [6.45, 7) is 5.43. The average Bonchev–Trinajstić information content (AvgIpc) is 3.19. The molecule has 2 aromatic rings. The Morgan fingerprint density at radius 2 is 2.04 bits per heavy atom. The highest BCUT2D eigenvalue weighted by Gasteiger charge is 2.45. The van der Waals surface area contributed by atoms with Gasteiger partial charge in [0.05, 0.1) is 12.0 Å². The van der Waals surface area contributed by atoms with E-state index < -0.39 is 0 Å². The fourth-order valence-corrected chi connectivity index (χ4v) is 4.61. The lowest BCUT2D eigenvalue weighted by atomic mass is 9.82. The molecule has 0 N–H and O–H groups in total. The predicted molar refractivity (Wildman–Crippen MR) is 97.0 cm³/mol. The van der Waals surface area contributed by atoms with Crippen molar-refractivity contribution in [2.45, 2.75) is 31.8 Å². The number of aryl methyl sites for hydroxylation is 1. The van der Waals surface area contributed by atoms with Crippen LogP contribution in [-0.2, 0) is 18.4 Å². The third-order valence-corrected chi connectivity index (χ3v) is 5.99. The lowest BCUT2D eigenvalue weighted by Gasteiger charge is -2.38. The van der Waals surface area contributed by atoms with E-state index in [-0.39, 0.29) is 5.91 Å². The number of hydrogen-bond donors (Lipinski definition) is 0. The van der Waals surface area contributed by atoms with Crippen molar-refractivity contribution in [3.05, 3.63) is 54.1 Å². The molecule has 25 heavy (non-hydrogen) atoms. The molecule has 2 aliphatic heterocycles. The van der Waals surface area contributed by atoms with Crippen molar-refractivity contribution in [1.29, 1.82) is 0 Å². The first-order valence-electron chi connectivity index (χ1n) is 9.13. The van der Waals surface area contributed by atoms with E-state index in [9.17, 15) is 4.79 Å². The number of nitrogens with zero attached hydrogens (tertiary/aromatic N) is 4. The van der Waals surface area contributed by atoms with Gasteiger partial charge in [-0.1, -0.05) is 30.3 Å². The van der Waals surface area contributed by atoms with Gasteiger partial charge in [0.2, 0.25) is 5.91 Å². The molecule has 3 heterocycles. The van der Waals surface area contributed by atoms with Crippen LogP contribution >= 0.6 is 0 Å². The summed E-state index contributed by atoms with van der Waals surface area (Å²) in [7, 11) is 2.06. The van der Waals surface area contributed by atoms with Gasteiger partial charge in [-0.15, -0.1) is 0 Å². The van der Waals surface area contributed by atoms with Crippen LogP contribution in [0.3, 0.4) is 0 Å². The second-order valence-corrected chi connectivity index (χ2v) is 7.43. The van der Waals surface area contributed by atoms with Crippen LogP contribution in [-0.4, -0.2) is 50.9 Å².